The summed E-state index contributed by atoms with van der Waals surface area (Å²) in [5.74, 6) is 0.659. The third-order valence-corrected chi connectivity index (χ3v) is 4.90. The normalized spacial score (nSPS) is 14.3. The van der Waals surface area contributed by atoms with E-state index in [1.165, 1.54) is 0 Å². The van der Waals surface area contributed by atoms with Crippen molar-refractivity contribution in [3.05, 3.63) is 11.1 Å². The van der Waals surface area contributed by atoms with Crippen LogP contribution in [0.15, 0.2) is 9.72 Å². The summed E-state index contributed by atoms with van der Waals surface area (Å²) in [5.41, 5.74) is 0.412. The first-order valence-corrected chi connectivity index (χ1v) is 8.73. The van der Waals surface area contributed by atoms with Gasteiger partial charge in [-0.25, -0.2) is 4.98 Å². The van der Waals surface area contributed by atoms with Gasteiger partial charge in [-0.15, -0.1) is 11.3 Å². The Hall–Kier alpha value is -0.590. The van der Waals surface area contributed by atoms with Crippen molar-refractivity contribution in [2.45, 2.75) is 57.0 Å². The number of aromatic nitrogens is 1. The summed E-state index contributed by atoms with van der Waals surface area (Å²) in [6.45, 7) is 10.2. The molecule has 114 valence electrons. The van der Waals surface area contributed by atoms with Gasteiger partial charge in [-0.05, 0) is 41.0 Å². The van der Waals surface area contributed by atoms with Gasteiger partial charge in [0.25, 0.3) is 0 Å². The summed E-state index contributed by atoms with van der Waals surface area (Å²) < 4.78 is 6.25. The Labute approximate surface area is 129 Å². The number of thiazole rings is 1. The van der Waals surface area contributed by atoms with Crippen LogP contribution >= 0.6 is 23.1 Å². The number of aryl methyl sites for hydroxylation is 1. The predicted molar refractivity (Wildman–Crippen MR) is 85.5 cm³/mol. The molecule has 0 aliphatic carbocycles. The zero-order valence-corrected chi connectivity index (χ0v) is 14.5. The molecule has 0 radical (unpaired) electrons. The minimum Gasteiger partial charge on any atom is -0.465 e. The third kappa shape index (κ3) is 5.42. The van der Waals surface area contributed by atoms with Crippen LogP contribution in [0.2, 0.25) is 0 Å². The van der Waals surface area contributed by atoms with Crippen LogP contribution in [-0.2, 0) is 9.53 Å². The van der Waals surface area contributed by atoms with Gasteiger partial charge in [-0.1, -0.05) is 11.8 Å². The Morgan fingerprint density at radius 3 is 2.80 bits per heavy atom. The molecule has 0 aliphatic rings. The van der Waals surface area contributed by atoms with Crippen LogP contribution in [0.3, 0.4) is 0 Å². The summed E-state index contributed by atoms with van der Waals surface area (Å²) in [6.07, 6.45) is 0.716. The van der Waals surface area contributed by atoms with Crippen molar-refractivity contribution in [1.29, 1.82) is 0 Å². The molecule has 4 nitrogen and oxygen atoms in total. The van der Waals surface area contributed by atoms with Crippen molar-refractivity contribution in [1.82, 2.24) is 10.3 Å². The summed E-state index contributed by atoms with van der Waals surface area (Å²) in [4.78, 5) is 16.6. The van der Waals surface area contributed by atoms with Gasteiger partial charge in [0, 0.05) is 22.9 Å². The Morgan fingerprint density at radius 1 is 1.60 bits per heavy atom. The number of rotatable bonds is 8. The van der Waals surface area contributed by atoms with Crippen LogP contribution in [-0.4, -0.2) is 34.9 Å². The van der Waals surface area contributed by atoms with Gasteiger partial charge >= 0.3 is 5.97 Å². The number of thioether (sulfide) groups is 1. The van der Waals surface area contributed by atoms with Crippen LogP contribution < -0.4 is 5.32 Å². The number of hydrogen-bond acceptors (Lipinski definition) is 6. The van der Waals surface area contributed by atoms with E-state index >= 15 is 0 Å². The number of esters is 1. The lowest BCUT2D eigenvalue weighted by atomic mass is 9.98. The van der Waals surface area contributed by atoms with Gasteiger partial charge in [0.2, 0.25) is 0 Å². The zero-order valence-electron chi connectivity index (χ0n) is 12.9. The first-order valence-electron chi connectivity index (χ1n) is 6.87. The Kier molecular flexibility index (Phi) is 6.99. The van der Waals surface area contributed by atoms with Gasteiger partial charge in [0.15, 0.2) is 0 Å². The van der Waals surface area contributed by atoms with Gasteiger partial charge in [0.1, 0.15) is 9.88 Å². The molecule has 1 aromatic heterocycles. The summed E-state index contributed by atoms with van der Waals surface area (Å²) in [5, 5.41) is 5.37. The van der Waals surface area contributed by atoms with Crippen LogP contribution in [0.25, 0.3) is 0 Å². The second kappa shape index (κ2) is 8.00. The van der Waals surface area contributed by atoms with E-state index in [2.05, 4.69) is 10.3 Å². The summed E-state index contributed by atoms with van der Waals surface area (Å²) >= 11 is 3.34. The number of carbonyl (C=O) groups excluding carboxylic acids is 1. The molecule has 0 bridgehead atoms. The molecule has 1 heterocycles. The van der Waals surface area contributed by atoms with E-state index in [0.29, 0.717) is 13.0 Å². The van der Waals surface area contributed by atoms with E-state index in [1.807, 2.05) is 40.0 Å². The number of nitrogens with one attached hydrogen (secondary N) is 1. The topological polar surface area (TPSA) is 51.2 Å². The molecule has 1 rings (SSSR count). The summed E-state index contributed by atoms with van der Waals surface area (Å²) in [6, 6.07) is 0.233. The predicted octanol–water partition coefficient (Wildman–Crippen LogP) is 3.25. The van der Waals surface area contributed by atoms with E-state index < -0.39 is 5.54 Å². The molecule has 0 saturated heterocycles. The van der Waals surface area contributed by atoms with Crippen LogP contribution in [0.1, 0.15) is 39.8 Å². The smallest absolute Gasteiger partial charge is 0.326 e. The molecule has 1 atom stereocenters. The minimum absolute atomic E-state index is 0.176. The van der Waals surface area contributed by atoms with Gasteiger partial charge < -0.3 is 4.74 Å². The van der Waals surface area contributed by atoms with Crippen molar-refractivity contribution in [3.8, 4) is 0 Å². The molecular weight excluding hydrogens is 292 g/mol. The molecule has 0 fully saturated rings. The lowest BCUT2D eigenvalue weighted by Gasteiger charge is -2.30. The van der Waals surface area contributed by atoms with Crippen LogP contribution in [0, 0.1) is 6.92 Å². The van der Waals surface area contributed by atoms with Crippen molar-refractivity contribution in [3.63, 3.8) is 0 Å². The average Bonchev–Trinajstić information content (AvgIpc) is 2.74. The highest BCUT2D eigenvalue weighted by molar-refractivity contribution is 8.01. The Balaban J connectivity index is 2.57. The first kappa shape index (κ1) is 17.5. The van der Waals surface area contributed by atoms with Crippen molar-refractivity contribution in [2.75, 3.05) is 12.4 Å². The van der Waals surface area contributed by atoms with Gasteiger partial charge in [-0.3, -0.25) is 10.1 Å². The van der Waals surface area contributed by atoms with E-state index in [4.69, 9.17) is 4.74 Å². The Bertz CT molecular complexity index is 435. The fourth-order valence-corrected chi connectivity index (χ4v) is 3.98. The lowest BCUT2D eigenvalue weighted by Crippen LogP contribution is -2.53. The quantitative estimate of drug-likeness (QED) is 0.589. The maximum Gasteiger partial charge on any atom is 0.326 e. The van der Waals surface area contributed by atoms with Gasteiger partial charge in [-0.2, -0.15) is 0 Å². The molecule has 1 unspecified atom stereocenters. The highest BCUT2D eigenvalue weighted by atomic mass is 32.2. The maximum atomic E-state index is 12.1. The van der Waals surface area contributed by atoms with E-state index in [-0.39, 0.29) is 12.0 Å². The fraction of sp³-hybridized carbons (Fsp3) is 0.714. The minimum atomic E-state index is -0.635. The number of nitrogens with zero attached hydrogens (tertiary/aromatic N) is 1. The molecule has 0 saturated carbocycles. The lowest BCUT2D eigenvalue weighted by molar-refractivity contribution is -0.150. The number of ether oxygens (including phenoxy) is 1. The van der Waals surface area contributed by atoms with Crippen LogP contribution in [0.4, 0.5) is 0 Å². The standard InChI is InChI=1S/C14H24N2O2S2/c1-6-18-12(17)14(5,16-10(2)3)7-8-19-13-15-11(4)9-20-13/h9-10,16H,6-8H2,1-5H3. The highest BCUT2D eigenvalue weighted by Crippen LogP contribution is 2.25. The van der Waals surface area contributed by atoms with Crippen molar-refractivity contribution < 1.29 is 9.53 Å². The van der Waals surface area contributed by atoms with E-state index in [9.17, 15) is 4.79 Å². The molecule has 0 aromatic carbocycles. The van der Waals surface area contributed by atoms with Gasteiger partial charge in [0.05, 0.1) is 6.61 Å². The highest BCUT2D eigenvalue weighted by Gasteiger charge is 2.34. The maximum absolute atomic E-state index is 12.1. The average molecular weight is 316 g/mol. The second-order valence-corrected chi connectivity index (χ2v) is 7.41. The molecule has 6 heteroatoms. The van der Waals surface area contributed by atoms with Crippen molar-refractivity contribution >= 4 is 29.1 Å². The molecular formula is C14H24N2O2S2. The van der Waals surface area contributed by atoms with Crippen molar-refractivity contribution in [2.24, 2.45) is 0 Å². The monoisotopic (exact) mass is 316 g/mol. The molecule has 20 heavy (non-hydrogen) atoms. The first-order chi connectivity index (χ1) is 9.37. The molecule has 0 spiro atoms. The molecule has 1 N–H and O–H groups in total. The third-order valence-electron chi connectivity index (χ3n) is 2.76. The van der Waals surface area contributed by atoms with E-state index in [0.717, 1.165) is 15.8 Å². The SMILES string of the molecule is CCOC(=O)C(C)(CCSc1nc(C)cs1)NC(C)C. The summed E-state index contributed by atoms with van der Waals surface area (Å²) in [7, 11) is 0. The largest absolute Gasteiger partial charge is 0.465 e. The zero-order chi connectivity index (χ0) is 15.2. The number of carbonyl (C=O) groups is 1. The second-order valence-electron chi connectivity index (χ2n) is 5.20. The number of hydrogen-bond donors (Lipinski definition) is 1. The molecule has 0 amide bonds. The van der Waals surface area contributed by atoms with Crippen LogP contribution in [0.5, 0.6) is 0 Å². The fourth-order valence-electron chi connectivity index (χ4n) is 1.90. The van der Waals surface area contributed by atoms with E-state index in [1.54, 1.807) is 23.1 Å². The molecule has 1 aromatic rings. The Morgan fingerprint density at radius 2 is 2.30 bits per heavy atom. The molecule has 0 aliphatic heterocycles.